The normalized spacial score (nSPS) is 11.1. The van der Waals surface area contributed by atoms with Gasteiger partial charge in [0.2, 0.25) is 0 Å². The Morgan fingerprint density at radius 2 is 1.50 bits per heavy atom. The van der Waals surface area contributed by atoms with E-state index in [1.807, 2.05) is 6.07 Å². The molecule has 0 aliphatic rings. The second-order valence-corrected chi connectivity index (χ2v) is 10.5. The van der Waals surface area contributed by atoms with Crippen LogP contribution in [0.15, 0.2) is 12.1 Å². The first-order chi connectivity index (χ1) is 7.98. The van der Waals surface area contributed by atoms with Gasteiger partial charge in [0.15, 0.2) is 0 Å². The Kier molecular flexibility index (Phi) is 7.01. The fraction of sp³-hybridized carbons (Fsp3) is 0.571. The van der Waals surface area contributed by atoms with E-state index in [1.54, 1.807) is 13.0 Å². The Morgan fingerprint density at radius 3 is 1.89 bits per heavy atom. The molecule has 0 N–H and O–H groups in total. The van der Waals surface area contributed by atoms with E-state index in [2.05, 4.69) is 20.8 Å². The van der Waals surface area contributed by atoms with Crippen LogP contribution in [0.3, 0.4) is 0 Å². The van der Waals surface area contributed by atoms with Gasteiger partial charge in [-0.3, -0.25) is 0 Å². The van der Waals surface area contributed by atoms with Crippen molar-refractivity contribution in [1.29, 1.82) is 0 Å². The summed E-state index contributed by atoms with van der Waals surface area (Å²) in [5.74, 6) is -0.684. The van der Waals surface area contributed by atoms with Gasteiger partial charge in [0.1, 0.15) is 0 Å². The van der Waals surface area contributed by atoms with Crippen LogP contribution in [0.25, 0.3) is 0 Å². The molecule has 0 aromatic heterocycles. The maximum Gasteiger partial charge on any atom is 2.00 e. The van der Waals surface area contributed by atoms with Crippen molar-refractivity contribution in [2.75, 3.05) is 0 Å². The molecule has 0 bridgehead atoms. The van der Waals surface area contributed by atoms with Crippen molar-refractivity contribution in [3.05, 3.63) is 23.3 Å². The van der Waals surface area contributed by atoms with Crippen LogP contribution < -0.4 is 10.2 Å². The molecular formula is C14H22NiO2Si. The molecule has 0 aliphatic heterocycles. The van der Waals surface area contributed by atoms with E-state index in [-0.39, 0.29) is 28.0 Å². The van der Waals surface area contributed by atoms with Crippen LogP contribution in [0, 0.1) is 6.92 Å². The van der Waals surface area contributed by atoms with Crippen molar-refractivity contribution in [2.45, 2.75) is 51.9 Å². The minimum absolute atomic E-state index is 0. The standard InChI is InChI=1S/C14H24O2Si.Ni/c1-5-17(6-2,7-3)10-12-8-11(4)14(16)13(15)9-12;/h8-9,15-16H,5-7,10H2,1-4H3;/q;+2/p-2. The van der Waals surface area contributed by atoms with Crippen LogP contribution in [-0.2, 0) is 22.5 Å². The first-order valence-electron chi connectivity index (χ1n) is 6.45. The number of hydrogen-bond acceptors (Lipinski definition) is 2. The van der Waals surface area contributed by atoms with Crippen LogP contribution >= 0.6 is 0 Å². The molecule has 1 rings (SSSR count). The van der Waals surface area contributed by atoms with Gasteiger partial charge in [-0.15, -0.1) is 11.5 Å². The van der Waals surface area contributed by atoms with Crippen molar-refractivity contribution in [3.8, 4) is 11.5 Å². The van der Waals surface area contributed by atoms with Crippen LogP contribution in [0.1, 0.15) is 31.9 Å². The van der Waals surface area contributed by atoms with Crippen molar-refractivity contribution in [1.82, 2.24) is 0 Å². The topological polar surface area (TPSA) is 46.1 Å². The SMILES string of the molecule is CC[Si](CC)(CC)Cc1cc(C)c([O-])c([O-])c1.[Ni+2]. The van der Waals surface area contributed by atoms with E-state index in [9.17, 15) is 10.2 Å². The number of aryl methyl sites for hydroxylation is 1. The molecule has 0 aliphatic carbocycles. The van der Waals surface area contributed by atoms with Crippen LogP contribution in [-0.4, -0.2) is 8.07 Å². The average molecular weight is 309 g/mol. The predicted octanol–water partition coefficient (Wildman–Crippen LogP) is 2.73. The first-order valence-corrected chi connectivity index (χ1v) is 9.28. The number of hydrogen-bond donors (Lipinski definition) is 0. The zero-order valence-corrected chi connectivity index (χ0v) is 13.6. The summed E-state index contributed by atoms with van der Waals surface area (Å²) in [6.07, 6.45) is 0. The molecule has 0 saturated carbocycles. The van der Waals surface area contributed by atoms with E-state index >= 15 is 0 Å². The molecule has 0 saturated heterocycles. The molecule has 0 radical (unpaired) electrons. The number of rotatable bonds is 5. The molecule has 0 heterocycles. The summed E-state index contributed by atoms with van der Waals surface area (Å²) in [6, 6.07) is 8.22. The number of benzene rings is 1. The third-order valence-corrected chi connectivity index (χ3v) is 9.79. The summed E-state index contributed by atoms with van der Waals surface area (Å²) in [7, 11) is -1.26. The van der Waals surface area contributed by atoms with E-state index in [0.717, 1.165) is 11.6 Å². The van der Waals surface area contributed by atoms with Gasteiger partial charge in [0.05, 0.1) is 8.07 Å². The van der Waals surface area contributed by atoms with Gasteiger partial charge in [0, 0.05) is 0 Å². The summed E-state index contributed by atoms with van der Waals surface area (Å²) < 4.78 is 0. The molecule has 4 heteroatoms. The molecule has 0 fully saturated rings. The van der Waals surface area contributed by atoms with Crippen molar-refractivity contribution >= 4 is 8.07 Å². The quantitative estimate of drug-likeness (QED) is 0.785. The second kappa shape index (κ2) is 7.20. The Labute approximate surface area is 121 Å². The minimum Gasteiger partial charge on any atom is -0.873 e. The summed E-state index contributed by atoms with van der Waals surface area (Å²) >= 11 is 0. The second-order valence-electron chi connectivity index (χ2n) is 4.98. The van der Waals surface area contributed by atoms with Crippen molar-refractivity contribution in [2.24, 2.45) is 0 Å². The van der Waals surface area contributed by atoms with Gasteiger partial charge in [-0.2, -0.15) is 0 Å². The third kappa shape index (κ3) is 3.76. The molecule has 18 heavy (non-hydrogen) atoms. The monoisotopic (exact) mass is 308 g/mol. The van der Waals surface area contributed by atoms with Gasteiger partial charge < -0.3 is 10.2 Å². The van der Waals surface area contributed by atoms with Crippen LogP contribution in [0.4, 0.5) is 0 Å². The largest absolute Gasteiger partial charge is 2.00 e. The summed E-state index contributed by atoms with van der Waals surface area (Å²) in [4.78, 5) is 0. The summed E-state index contributed by atoms with van der Waals surface area (Å²) in [6.45, 7) is 8.50. The smallest absolute Gasteiger partial charge is 0.873 e. The summed E-state index contributed by atoms with van der Waals surface area (Å²) in [5, 5.41) is 22.9. The van der Waals surface area contributed by atoms with Crippen LogP contribution in [0.2, 0.25) is 18.1 Å². The maximum atomic E-state index is 11.5. The fourth-order valence-electron chi connectivity index (χ4n) is 2.47. The van der Waals surface area contributed by atoms with E-state index in [4.69, 9.17) is 0 Å². The van der Waals surface area contributed by atoms with E-state index < -0.39 is 8.07 Å². The zero-order valence-electron chi connectivity index (χ0n) is 11.6. The van der Waals surface area contributed by atoms with Gasteiger partial charge in [-0.1, -0.05) is 62.2 Å². The van der Waals surface area contributed by atoms with Crippen molar-refractivity contribution < 1.29 is 26.7 Å². The molecule has 0 unspecified atom stereocenters. The molecule has 1 aromatic rings. The molecule has 2 nitrogen and oxygen atoms in total. The average Bonchev–Trinajstić information content (AvgIpc) is 2.33. The maximum absolute atomic E-state index is 11.5. The Bertz CT molecular complexity index is 358. The molecule has 104 valence electrons. The van der Waals surface area contributed by atoms with Gasteiger partial charge in [-0.05, 0) is 13.0 Å². The Hall–Kier alpha value is -0.470. The molecule has 0 atom stereocenters. The fourth-order valence-corrected chi connectivity index (χ4v) is 5.79. The van der Waals surface area contributed by atoms with E-state index in [0.29, 0.717) is 5.56 Å². The Morgan fingerprint density at radius 1 is 1.00 bits per heavy atom. The van der Waals surface area contributed by atoms with Gasteiger partial charge >= 0.3 is 16.5 Å². The van der Waals surface area contributed by atoms with E-state index in [1.165, 1.54) is 18.1 Å². The predicted molar refractivity (Wildman–Crippen MR) is 71.0 cm³/mol. The first kappa shape index (κ1) is 17.5. The van der Waals surface area contributed by atoms with Gasteiger partial charge in [0.25, 0.3) is 0 Å². The van der Waals surface area contributed by atoms with Crippen molar-refractivity contribution in [3.63, 3.8) is 0 Å². The minimum atomic E-state index is -1.26. The molecule has 1 aromatic carbocycles. The zero-order chi connectivity index (χ0) is 13.1. The van der Waals surface area contributed by atoms with Gasteiger partial charge in [-0.25, -0.2) is 0 Å². The Balaban J connectivity index is 0.00000289. The molecular weight excluding hydrogens is 287 g/mol. The molecule has 0 amide bonds. The summed E-state index contributed by atoms with van der Waals surface area (Å²) in [5.41, 5.74) is 1.67. The van der Waals surface area contributed by atoms with Crippen LogP contribution in [0.5, 0.6) is 11.5 Å². The molecule has 0 spiro atoms. The third-order valence-electron chi connectivity index (χ3n) is 4.13.